The minimum Gasteiger partial charge on any atom is -0.354 e. The van der Waals surface area contributed by atoms with Gasteiger partial charge in [-0.05, 0) is 120 Å². The number of aromatic nitrogens is 1. The fourth-order valence-electron chi connectivity index (χ4n) is 7.30. The number of aryl methyl sites for hydroxylation is 4. The van der Waals surface area contributed by atoms with Crippen molar-refractivity contribution in [2.75, 3.05) is 0 Å². The third-order valence-electron chi connectivity index (χ3n) is 10.3. The number of hydrogen-bond acceptors (Lipinski definition) is 0. The van der Waals surface area contributed by atoms with Crippen LogP contribution in [0.15, 0.2) is 194 Å². The highest BCUT2D eigenvalue weighted by Crippen LogP contribution is 2.40. The Kier molecular flexibility index (Phi) is 11.8. The minimum absolute atomic E-state index is 1.16. The Balaban J connectivity index is 0.000000195. The summed E-state index contributed by atoms with van der Waals surface area (Å²) < 4.78 is 0. The highest BCUT2D eigenvalue weighted by Gasteiger charge is 2.15. The summed E-state index contributed by atoms with van der Waals surface area (Å²) in [5.74, 6) is 0. The number of hydrogen-bond donors (Lipinski definition) is 1. The summed E-state index contributed by atoms with van der Waals surface area (Å²) in [6, 6.07) is 66.7. The van der Waals surface area contributed by atoms with Crippen LogP contribution in [-0.4, -0.2) is 4.98 Å². The number of benzene rings is 8. The van der Waals surface area contributed by atoms with Crippen LogP contribution in [0.1, 0.15) is 34.7 Å². The van der Waals surface area contributed by atoms with Gasteiger partial charge in [0.2, 0.25) is 0 Å². The summed E-state index contributed by atoms with van der Waals surface area (Å²) in [6.07, 6.45) is 4.33. The Morgan fingerprint density at radius 2 is 0.911 bits per heavy atom. The molecule has 9 rings (SSSR count). The van der Waals surface area contributed by atoms with E-state index in [4.69, 9.17) is 0 Å². The third-order valence-corrected chi connectivity index (χ3v) is 10.3. The molecule has 0 aliphatic heterocycles. The van der Waals surface area contributed by atoms with E-state index in [-0.39, 0.29) is 0 Å². The first kappa shape index (κ1) is 37.6. The number of nitrogens with one attached hydrogen (secondary N) is 1. The number of H-pyrrole nitrogens is 1. The second kappa shape index (κ2) is 17.6. The van der Waals surface area contributed by atoms with Gasteiger partial charge in [0.15, 0.2) is 0 Å². The molecule has 9 aromatic rings. The topological polar surface area (TPSA) is 15.8 Å². The Bertz CT molecular complexity index is 2700. The van der Waals surface area contributed by atoms with E-state index in [0.717, 1.165) is 5.52 Å². The Hall–Kier alpha value is -6.70. The molecule has 0 aliphatic carbocycles. The predicted octanol–water partition coefficient (Wildman–Crippen LogP) is 15.6. The summed E-state index contributed by atoms with van der Waals surface area (Å²) >= 11 is 0. The lowest BCUT2D eigenvalue weighted by atomic mass is 9.91. The van der Waals surface area contributed by atoms with E-state index in [1.54, 1.807) is 0 Å². The van der Waals surface area contributed by atoms with Crippen molar-refractivity contribution in [2.24, 2.45) is 0 Å². The normalized spacial score (nSPS) is 10.9. The second-order valence-electron chi connectivity index (χ2n) is 14.4. The first-order chi connectivity index (χ1) is 27.4. The first-order valence-electron chi connectivity index (χ1n) is 19.5. The van der Waals surface area contributed by atoms with Gasteiger partial charge in [-0.3, -0.25) is 0 Å². The van der Waals surface area contributed by atoms with Crippen LogP contribution in [0.25, 0.3) is 72.4 Å². The van der Waals surface area contributed by atoms with Gasteiger partial charge >= 0.3 is 0 Å². The summed E-state index contributed by atoms with van der Waals surface area (Å²) in [4.78, 5) is 3.67. The zero-order chi connectivity index (χ0) is 38.9. The molecule has 0 radical (unpaired) electrons. The van der Waals surface area contributed by atoms with Gasteiger partial charge in [0, 0.05) is 21.8 Å². The summed E-state index contributed by atoms with van der Waals surface area (Å²) in [5, 5.41) is 2.53. The average Bonchev–Trinajstić information content (AvgIpc) is 3.61. The van der Waals surface area contributed by atoms with Crippen LogP contribution < -0.4 is 0 Å². The lowest BCUT2D eigenvalue weighted by Crippen LogP contribution is -1.89. The Morgan fingerprint density at radius 3 is 1.55 bits per heavy atom. The van der Waals surface area contributed by atoms with Crippen LogP contribution in [0.2, 0.25) is 0 Å². The third kappa shape index (κ3) is 8.65. The first-order valence-corrected chi connectivity index (χ1v) is 19.5. The van der Waals surface area contributed by atoms with Gasteiger partial charge < -0.3 is 4.98 Å². The molecule has 1 heterocycles. The molecule has 56 heavy (non-hydrogen) atoms. The fraction of sp³-hybridized carbons (Fsp3) is 0.0909. The van der Waals surface area contributed by atoms with Gasteiger partial charge in [-0.1, -0.05) is 187 Å². The molecule has 0 unspecified atom stereocenters. The molecule has 274 valence electrons. The quantitative estimate of drug-likeness (QED) is 0.182. The molecule has 1 heteroatoms. The van der Waals surface area contributed by atoms with Gasteiger partial charge in [-0.15, -0.1) is 0 Å². The van der Waals surface area contributed by atoms with Crippen LogP contribution >= 0.6 is 0 Å². The van der Waals surface area contributed by atoms with Crippen molar-refractivity contribution in [3.05, 3.63) is 222 Å². The molecule has 1 nitrogen and oxygen atoms in total. The number of fused-ring (bicyclic) bond motifs is 3. The zero-order valence-electron chi connectivity index (χ0n) is 33.1. The fourth-order valence-corrected chi connectivity index (χ4v) is 7.30. The van der Waals surface area contributed by atoms with E-state index in [1.807, 2.05) is 24.3 Å². The van der Waals surface area contributed by atoms with Crippen LogP contribution in [0.3, 0.4) is 0 Å². The smallest absolute Gasteiger partial charge is 0.0471 e. The second-order valence-corrected chi connectivity index (χ2v) is 14.4. The summed E-state index contributed by atoms with van der Waals surface area (Å²) in [7, 11) is 0. The highest BCUT2D eigenvalue weighted by atomic mass is 14.7. The van der Waals surface area contributed by atoms with Crippen LogP contribution in [-0.2, 0) is 0 Å². The molecule has 0 amide bonds. The molecule has 1 aromatic heterocycles. The van der Waals surface area contributed by atoms with Crippen molar-refractivity contribution in [1.82, 2.24) is 4.98 Å². The Morgan fingerprint density at radius 1 is 0.393 bits per heavy atom. The highest BCUT2D eigenvalue weighted by molar-refractivity contribution is 6.16. The zero-order valence-corrected chi connectivity index (χ0v) is 33.1. The molecule has 0 fully saturated rings. The summed E-state index contributed by atoms with van der Waals surface area (Å²) in [6.45, 7) is 10.7. The van der Waals surface area contributed by atoms with Crippen LogP contribution in [0.5, 0.6) is 0 Å². The van der Waals surface area contributed by atoms with Gasteiger partial charge in [0.25, 0.3) is 0 Å². The largest absolute Gasteiger partial charge is 0.354 e. The molecule has 0 atom stereocenters. The van der Waals surface area contributed by atoms with Crippen molar-refractivity contribution in [3.63, 3.8) is 0 Å². The van der Waals surface area contributed by atoms with E-state index in [2.05, 4.69) is 216 Å². The molecule has 8 aromatic carbocycles. The van der Waals surface area contributed by atoms with E-state index in [1.165, 1.54) is 88.6 Å². The number of allylic oxidation sites excluding steroid dienone is 1. The lowest BCUT2D eigenvalue weighted by molar-refractivity contribution is 1.41. The minimum atomic E-state index is 1.16. The van der Waals surface area contributed by atoms with Crippen LogP contribution in [0, 0.1) is 27.7 Å². The van der Waals surface area contributed by atoms with E-state index < -0.39 is 0 Å². The maximum absolute atomic E-state index is 3.67. The molecule has 1 N–H and O–H groups in total. The van der Waals surface area contributed by atoms with Crippen molar-refractivity contribution < 1.29 is 0 Å². The van der Waals surface area contributed by atoms with Crippen molar-refractivity contribution >= 4 is 27.9 Å². The maximum Gasteiger partial charge on any atom is 0.0471 e. The molecule has 0 aliphatic rings. The Labute approximate surface area is 332 Å². The molecular weight excluding hydrogens is 675 g/mol. The van der Waals surface area contributed by atoms with Gasteiger partial charge in [0.05, 0.1) is 0 Å². The average molecular weight is 724 g/mol. The number of aromatic amines is 1. The molecule has 0 saturated heterocycles. The van der Waals surface area contributed by atoms with E-state index >= 15 is 0 Å². The van der Waals surface area contributed by atoms with Gasteiger partial charge in [-0.25, -0.2) is 0 Å². The van der Waals surface area contributed by atoms with E-state index in [0.29, 0.717) is 0 Å². The molecule has 0 bridgehead atoms. The van der Waals surface area contributed by atoms with Crippen molar-refractivity contribution in [1.29, 1.82) is 0 Å². The van der Waals surface area contributed by atoms with Crippen LogP contribution in [0.4, 0.5) is 0 Å². The SMILES string of the molecule is C/C=C\c1ccc2[nH]c3ccc(-c4ccc(C)c(-c5ccccc5C)c4)cc3c2c1-c1ccccc1.Cc1ccc(-c2ccccc2)cc1.Cc1ccccc1. The molecular formula is C55H49N. The predicted molar refractivity (Wildman–Crippen MR) is 244 cm³/mol. The lowest BCUT2D eigenvalue weighted by Gasteiger charge is -2.12. The standard InChI is InChI=1S/C35H29N.C13H12.C7H8/c1-4-10-25-17-20-33-35(34(25)26-12-6-5-7-13-26)31-22-28(18-19-32(31)36-33)27-16-15-24(3)30(21-27)29-14-9-8-11-23(29)2;1-11-7-9-13(10-8-11)12-5-3-2-4-6-12;1-7-5-3-2-4-6-7/h4-22,36H,1-3H3;2-10H,1H3;2-6H,1H3/b10-4-;;. The van der Waals surface area contributed by atoms with Crippen molar-refractivity contribution in [3.8, 4) is 44.5 Å². The maximum atomic E-state index is 3.67. The van der Waals surface area contributed by atoms with E-state index in [9.17, 15) is 0 Å². The number of rotatable bonds is 5. The molecule has 0 spiro atoms. The van der Waals surface area contributed by atoms with Gasteiger partial charge in [0.1, 0.15) is 0 Å². The molecule has 0 saturated carbocycles. The monoisotopic (exact) mass is 723 g/mol. The van der Waals surface area contributed by atoms with Crippen molar-refractivity contribution in [2.45, 2.75) is 34.6 Å². The van der Waals surface area contributed by atoms with Gasteiger partial charge in [-0.2, -0.15) is 0 Å². The summed E-state index contributed by atoms with van der Waals surface area (Å²) in [5.41, 5.74) is 18.9.